The van der Waals surface area contributed by atoms with E-state index in [0.717, 1.165) is 6.20 Å². The molecule has 0 atom stereocenters. The van der Waals surface area contributed by atoms with E-state index in [1.165, 1.54) is 30.3 Å². The van der Waals surface area contributed by atoms with Gasteiger partial charge in [-0.1, -0.05) is 41.4 Å². The van der Waals surface area contributed by atoms with Crippen LogP contribution in [0.4, 0.5) is 17.1 Å². The summed E-state index contributed by atoms with van der Waals surface area (Å²) in [6.07, 6.45) is 4.06. The smallest absolute Gasteiger partial charge is 0.275 e. The first kappa shape index (κ1) is 32.5. The number of nitrogens with one attached hydrogen (secondary N) is 5. The van der Waals surface area contributed by atoms with E-state index in [4.69, 9.17) is 34.3 Å². The molecule has 0 fully saturated rings. The van der Waals surface area contributed by atoms with E-state index in [1.54, 1.807) is 48.5 Å². The summed E-state index contributed by atoms with van der Waals surface area (Å²) in [4.78, 5) is 52.1. The third kappa shape index (κ3) is 9.54. The number of anilines is 3. The van der Waals surface area contributed by atoms with Gasteiger partial charge in [-0.2, -0.15) is 0 Å². The van der Waals surface area contributed by atoms with E-state index in [2.05, 4.69) is 21.3 Å². The highest BCUT2D eigenvalue weighted by Crippen LogP contribution is 2.24. The Bertz CT molecular complexity index is 1580. The molecule has 0 aromatic heterocycles. The number of rotatable bonds is 11. The fraction of sp³-hybridized carbons (Fsp3) is 0.100. The Labute approximate surface area is 258 Å². The van der Waals surface area contributed by atoms with Crippen molar-refractivity contribution in [2.24, 2.45) is 5.73 Å². The summed E-state index contributed by atoms with van der Waals surface area (Å²) < 4.78 is 0. The van der Waals surface area contributed by atoms with Crippen LogP contribution in [0.15, 0.2) is 90.8 Å². The van der Waals surface area contributed by atoms with Gasteiger partial charge in [0, 0.05) is 41.4 Å². The molecule has 0 aliphatic heterocycles. The lowest BCUT2D eigenvalue weighted by Crippen LogP contribution is -2.34. The van der Waals surface area contributed by atoms with E-state index in [0.29, 0.717) is 29.2 Å². The monoisotopic (exact) mass is 621 g/mol. The summed E-state index contributed by atoms with van der Waals surface area (Å²) in [5.41, 5.74) is 6.19. The van der Waals surface area contributed by atoms with Crippen LogP contribution >= 0.6 is 23.2 Å². The van der Waals surface area contributed by atoms with Gasteiger partial charge in [0.2, 0.25) is 5.91 Å². The Morgan fingerprint density at radius 2 is 1.44 bits per heavy atom. The Hall–Kier alpha value is -4.97. The van der Waals surface area contributed by atoms with Gasteiger partial charge >= 0.3 is 0 Å². The third-order valence-electron chi connectivity index (χ3n) is 5.63. The molecule has 11 nitrogen and oxygen atoms in total. The molecular weight excluding hydrogens is 593 g/mol. The molecule has 0 radical (unpaired) electrons. The summed E-state index contributed by atoms with van der Waals surface area (Å²) >= 11 is 12.1. The van der Waals surface area contributed by atoms with Gasteiger partial charge in [0.15, 0.2) is 0 Å². The number of carbonyl (C=O) groups is 4. The molecule has 0 unspecified atom stereocenters. The Balaban J connectivity index is 1.58. The zero-order chi connectivity index (χ0) is 31.5. The number of amides is 4. The molecular formula is C30H29Cl2N7O4. The van der Waals surface area contributed by atoms with Crippen LogP contribution in [0, 0.1) is 5.41 Å². The second-order valence-corrected chi connectivity index (χ2v) is 10.0. The van der Waals surface area contributed by atoms with Crippen molar-refractivity contribution >= 4 is 69.6 Å². The molecule has 4 amide bonds. The molecule has 3 aromatic carbocycles. The third-order valence-corrected chi connectivity index (χ3v) is 6.26. The van der Waals surface area contributed by atoms with Crippen LogP contribution in [0.1, 0.15) is 20.7 Å². The van der Waals surface area contributed by atoms with Crippen molar-refractivity contribution in [1.82, 2.24) is 10.2 Å². The van der Waals surface area contributed by atoms with Crippen molar-refractivity contribution in [3.05, 3.63) is 112 Å². The van der Waals surface area contributed by atoms with Crippen molar-refractivity contribution in [2.45, 2.75) is 0 Å². The zero-order valence-electron chi connectivity index (χ0n) is 23.2. The minimum absolute atomic E-state index is 0.0275. The van der Waals surface area contributed by atoms with Crippen molar-refractivity contribution in [2.75, 3.05) is 36.6 Å². The maximum atomic E-state index is 12.8. The molecule has 0 saturated carbocycles. The fourth-order valence-electron chi connectivity index (χ4n) is 3.54. The van der Waals surface area contributed by atoms with Crippen LogP contribution in [0.3, 0.4) is 0 Å². The number of hydrogen-bond acceptors (Lipinski definition) is 7. The molecule has 222 valence electrons. The van der Waals surface area contributed by atoms with Crippen LogP contribution < -0.4 is 27.0 Å². The maximum Gasteiger partial charge on any atom is 0.275 e. The van der Waals surface area contributed by atoms with Gasteiger partial charge in [0.05, 0.1) is 21.3 Å². The highest BCUT2D eigenvalue weighted by molar-refractivity contribution is 6.48. The van der Waals surface area contributed by atoms with Crippen LogP contribution in [0.2, 0.25) is 10.0 Å². The largest absolute Gasteiger partial charge is 0.403 e. The van der Waals surface area contributed by atoms with Crippen LogP contribution in [0.5, 0.6) is 0 Å². The summed E-state index contributed by atoms with van der Waals surface area (Å²) in [7, 11) is 3.78. The lowest BCUT2D eigenvalue weighted by atomic mass is 10.1. The number of benzene rings is 3. The number of carbonyl (C=O) groups excluding carboxylic acids is 4. The number of halogens is 2. The van der Waals surface area contributed by atoms with Gasteiger partial charge in [-0.25, -0.2) is 0 Å². The molecule has 0 heterocycles. The molecule has 0 saturated heterocycles. The Morgan fingerprint density at radius 3 is 2.05 bits per heavy atom. The summed E-state index contributed by atoms with van der Waals surface area (Å²) in [5, 5.41) is 18.7. The van der Waals surface area contributed by atoms with E-state index in [-0.39, 0.29) is 27.2 Å². The quantitative estimate of drug-likeness (QED) is 0.136. The van der Waals surface area contributed by atoms with E-state index >= 15 is 0 Å². The normalized spacial score (nSPS) is 11.2. The predicted molar refractivity (Wildman–Crippen MR) is 170 cm³/mol. The average Bonchev–Trinajstić information content (AvgIpc) is 2.96. The van der Waals surface area contributed by atoms with Gasteiger partial charge in [-0.15, -0.1) is 0 Å². The number of nitrogens with two attached hydrogens (primary N) is 1. The van der Waals surface area contributed by atoms with Gasteiger partial charge in [0.25, 0.3) is 17.7 Å². The van der Waals surface area contributed by atoms with E-state index in [1.807, 2.05) is 19.0 Å². The molecule has 0 spiro atoms. The molecule has 0 aliphatic carbocycles. The lowest BCUT2D eigenvalue weighted by molar-refractivity contribution is -0.112. The first-order chi connectivity index (χ1) is 20.5. The Kier molecular flexibility index (Phi) is 11.6. The van der Waals surface area contributed by atoms with Crippen molar-refractivity contribution in [3.8, 4) is 0 Å². The first-order valence-corrected chi connectivity index (χ1v) is 13.5. The highest BCUT2D eigenvalue weighted by atomic mass is 35.5. The number of hydrogen-bond donors (Lipinski definition) is 6. The first-order valence-electron chi connectivity index (χ1n) is 12.7. The molecule has 0 bridgehead atoms. The van der Waals surface area contributed by atoms with Crippen molar-refractivity contribution < 1.29 is 19.2 Å². The molecule has 0 aliphatic rings. The second kappa shape index (κ2) is 15.3. The van der Waals surface area contributed by atoms with Crippen molar-refractivity contribution in [1.29, 1.82) is 5.41 Å². The SMILES string of the molecule is CN(C)C/C=C/C(=O)Nc1cccc(C(=O)Nc2ccc(NC(=O)C(=N)/C(=C\N)NC(=O)c3c(Cl)cccc3Cl)cc2)c1. The summed E-state index contributed by atoms with van der Waals surface area (Å²) in [5.74, 6) is -2.32. The molecule has 3 aromatic rings. The van der Waals surface area contributed by atoms with Gasteiger partial charge < -0.3 is 31.9 Å². The fourth-order valence-corrected chi connectivity index (χ4v) is 4.10. The summed E-state index contributed by atoms with van der Waals surface area (Å²) in [6.45, 7) is 0.616. The molecule has 43 heavy (non-hydrogen) atoms. The number of likely N-dealkylation sites (N-methyl/N-ethyl adjacent to an activating group) is 1. The Morgan fingerprint density at radius 1 is 0.837 bits per heavy atom. The van der Waals surface area contributed by atoms with Crippen LogP contribution in [0.25, 0.3) is 0 Å². The molecule has 3 rings (SSSR count). The molecule has 13 heteroatoms. The summed E-state index contributed by atoms with van der Waals surface area (Å²) in [6, 6.07) is 17.1. The van der Waals surface area contributed by atoms with Crippen molar-refractivity contribution in [3.63, 3.8) is 0 Å². The van der Waals surface area contributed by atoms with Gasteiger partial charge in [-0.05, 0) is 68.7 Å². The van der Waals surface area contributed by atoms with Gasteiger partial charge in [-0.3, -0.25) is 24.6 Å². The minimum Gasteiger partial charge on any atom is -0.403 e. The minimum atomic E-state index is -0.852. The van der Waals surface area contributed by atoms with E-state index in [9.17, 15) is 19.2 Å². The second-order valence-electron chi connectivity index (χ2n) is 9.23. The number of nitrogens with zero attached hydrogens (tertiary/aromatic N) is 1. The van der Waals surface area contributed by atoms with Gasteiger partial charge in [0.1, 0.15) is 5.71 Å². The van der Waals surface area contributed by atoms with E-state index < -0.39 is 23.4 Å². The maximum absolute atomic E-state index is 12.8. The highest BCUT2D eigenvalue weighted by Gasteiger charge is 2.21. The molecule has 7 N–H and O–H groups in total. The van der Waals surface area contributed by atoms with Crippen LogP contribution in [-0.2, 0) is 9.59 Å². The standard InChI is InChI=1S/C30H29Cl2N7O4/c1-39(2)15-5-10-25(40)35-21-7-3-6-18(16-21)28(41)36-19-11-13-20(14-12-19)37-30(43)27(34)24(17-33)38-29(42)26-22(31)8-4-9-23(26)32/h3-14,16-17,34H,15,33H2,1-2H3,(H,35,40)(H,36,41)(H,37,43)(H,38,42)/b10-5+,24-17+,34-27?. The van der Waals surface area contributed by atoms with Crippen LogP contribution in [-0.4, -0.2) is 54.9 Å². The zero-order valence-corrected chi connectivity index (χ0v) is 24.7. The average molecular weight is 623 g/mol. The topological polar surface area (TPSA) is 170 Å². The predicted octanol–water partition coefficient (Wildman–Crippen LogP) is 4.49. The lowest BCUT2D eigenvalue weighted by Gasteiger charge is -2.13.